The number of fused-ring (bicyclic) bond motifs is 2. The number of hydrogen-bond acceptors (Lipinski definition) is 2. The molecule has 0 spiro atoms. The fourth-order valence-electron chi connectivity index (χ4n) is 2.68. The van der Waals surface area contributed by atoms with E-state index in [9.17, 15) is 4.79 Å². The average molecular weight is 263 g/mol. The second-order valence-electron chi connectivity index (χ2n) is 4.99. The number of imidazole rings is 1. The molecule has 2 aromatic carbocycles. The third kappa shape index (κ3) is 1.69. The number of benzene rings is 2. The van der Waals surface area contributed by atoms with Gasteiger partial charge in [-0.3, -0.25) is 9.36 Å². The van der Waals surface area contributed by atoms with Gasteiger partial charge < -0.3 is 5.32 Å². The van der Waals surface area contributed by atoms with Gasteiger partial charge in [0.2, 0.25) is 5.91 Å². The minimum atomic E-state index is 0.0957. The number of rotatable bonds is 1. The normalized spacial score (nSPS) is 14.1. The zero-order valence-electron chi connectivity index (χ0n) is 10.8. The van der Waals surface area contributed by atoms with Gasteiger partial charge in [-0.05, 0) is 42.3 Å². The van der Waals surface area contributed by atoms with Gasteiger partial charge in [0.05, 0.1) is 11.0 Å². The monoisotopic (exact) mass is 263 g/mol. The first kappa shape index (κ1) is 11.2. The minimum absolute atomic E-state index is 0.0957. The third-order valence-electron chi connectivity index (χ3n) is 3.72. The van der Waals surface area contributed by atoms with Crippen molar-refractivity contribution in [3.63, 3.8) is 0 Å². The summed E-state index contributed by atoms with van der Waals surface area (Å²) in [7, 11) is 0. The number of carbonyl (C=O) groups is 1. The SMILES string of the molecule is O=C1CCc2cc(-n3cnc4ccccc43)ccc2N1. The topological polar surface area (TPSA) is 46.9 Å². The van der Waals surface area contributed by atoms with Crippen LogP contribution in [0.2, 0.25) is 0 Å². The molecular formula is C16H13N3O. The Balaban J connectivity index is 1.85. The van der Waals surface area contributed by atoms with E-state index in [1.807, 2.05) is 36.7 Å². The number of para-hydroxylation sites is 2. The molecule has 0 fully saturated rings. The molecule has 1 aromatic heterocycles. The summed E-state index contributed by atoms with van der Waals surface area (Å²) in [6.07, 6.45) is 3.19. The van der Waals surface area contributed by atoms with E-state index < -0.39 is 0 Å². The lowest BCUT2D eigenvalue weighted by Crippen LogP contribution is -2.19. The van der Waals surface area contributed by atoms with E-state index in [0.717, 1.165) is 28.8 Å². The summed E-state index contributed by atoms with van der Waals surface area (Å²) in [6, 6.07) is 14.2. The molecule has 0 saturated heterocycles. The average Bonchev–Trinajstić information content (AvgIpc) is 2.91. The van der Waals surface area contributed by atoms with Crippen molar-refractivity contribution >= 4 is 22.6 Å². The molecule has 1 aliphatic rings. The van der Waals surface area contributed by atoms with E-state index in [-0.39, 0.29) is 5.91 Å². The highest BCUT2D eigenvalue weighted by Gasteiger charge is 2.15. The lowest BCUT2D eigenvalue weighted by atomic mass is 10.0. The Morgan fingerprint density at radius 1 is 1.10 bits per heavy atom. The van der Waals surface area contributed by atoms with Crippen LogP contribution in [-0.2, 0) is 11.2 Å². The van der Waals surface area contributed by atoms with Crippen LogP contribution in [-0.4, -0.2) is 15.5 Å². The van der Waals surface area contributed by atoms with Crippen molar-refractivity contribution in [3.05, 3.63) is 54.4 Å². The number of amides is 1. The summed E-state index contributed by atoms with van der Waals surface area (Å²) >= 11 is 0. The molecule has 3 aromatic rings. The predicted molar refractivity (Wildman–Crippen MR) is 78.0 cm³/mol. The smallest absolute Gasteiger partial charge is 0.224 e. The lowest BCUT2D eigenvalue weighted by molar-refractivity contribution is -0.116. The predicted octanol–water partition coefficient (Wildman–Crippen LogP) is 2.91. The van der Waals surface area contributed by atoms with Gasteiger partial charge in [0, 0.05) is 17.8 Å². The van der Waals surface area contributed by atoms with Crippen LogP contribution in [0.3, 0.4) is 0 Å². The summed E-state index contributed by atoms with van der Waals surface area (Å²) in [5.74, 6) is 0.0957. The molecule has 20 heavy (non-hydrogen) atoms. The van der Waals surface area contributed by atoms with E-state index in [1.165, 1.54) is 5.56 Å². The molecule has 0 radical (unpaired) electrons. The van der Waals surface area contributed by atoms with Crippen LogP contribution in [0.15, 0.2) is 48.8 Å². The van der Waals surface area contributed by atoms with Crippen LogP contribution in [0, 0.1) is 0 Å². The van der Waals surface area contributed by atoms with E-state index in [1.54, 1.807) is 0 Å². The quantitative estimate of drug-likeness (QED) is 0.733. The molecule has 0 atom stereocenters. The molecule has 2 heterocycles. The van der Waals surface area contributed by atoms with Crippen LogP contribution in [0.4, 0.5) is 5.69 Å². The van der Waals surface area contributed by atoms with Crippen molar-refractivity contribution < 1.29 is 4.79 Å². The number of aryl methyl sites for hydroxylation is 1. The molecule has 4 heteroatoms. The molecule has 1 amide bonds. The standard InChI is InChI=1S/C16H13N3O/c20-16-8-5-11-9-12(6-7-13(11)18-16)19-10-17-14-3-1-2-4-15(14)19/h1-4,6-7,9-10H,5,8H2,(H,18,20). The first-order valence-electron chi connectivity index (χ1n) is 6.66. The van der Waals surface area contributed by atoms with Crippen molar-refractivity contribution in [3.8, 4) is 5.69 Å². The molecule has 0 aliphatic carbocycles. The number of hydrogen-bond donors (Lipinski definition) is 1. The number of nitrogens with zero attached hydrogens (tertiary/aromatic N) is 2. The highest BCUT2D eigenvalue weighted by Crippen LogP contribution is 2.26. The summed E-state index contributed by atoms with van der Waals surface area (Å²) in [4.78, 5) is 15.8. The Morgan fingerprint density at radius 3 is 2.95 bits per heavy atom. The number of aromatic nitrogens is 2. The van der Waals surface area contributed by atoms with Crippen LogP contribution in [0.25, 0.3) is 16.7 Å². The van der Waals surface area contributed by atoms with Crippen LogP contribution < -0.4 is 5.32 Å². The van der Waals surface area contributed by atoms with Gasteiger partial charge in [0.25, 0.3) is 0 Å². The first-order chi connectivity index (χ1) is 9.81. The van der Waals surface area contributed by atoms with Gasteiger partial charge in [-0.1, -0.05) is 12.1 Å². The number of anilines is 1. The number of carbonyl (C=O) groups excluding carboxylic acids is 1. The largest absolute Gasteiger partial charge is 0.326 e. The van der Waals surface area contributed by atoms with Crippen LogP contribution in [0.5, 0.6) is 0 Å². The van der Waals surface area contributed by atoms with Gasteiger partial charge in [-0.2, -0.15) is 0 Å². The molecule has 0 saturated carbocycles. The molecule has 4 rings (SSSR count). The second-order valence-corrected chi connectivity index (χ2v) is 4.99. The van der Waals surface area contributed by atoms with E-state index in [0.29, 0.717) is 6.42 Å². The summed E-state index contributed by atoms with van der Waals surface area (Å²) < 4.78 is 2.08. The molecule has 0 bridgehead atoms. The van der Waals surface area contributed by atoms with Crippen molar-refractivity contribution in [2.24, 2.45) is 0 Å². The maximum absolute atomic E-state index is 11.4. The molecule has 1 aliphatic heterocycles. The van der Waals surface area contributed by atoms with E-state index >= 15 is 0 Å². The van der Waals surface area contributed by atoms with Crippen molar-refractivity contribution in [2.75, 3.05) is 5.32 Å². The fourth-order valence-corrected chi connectivity index (χ4v) is 2.68. The van der Waals surface area contributed by atoms with Gasteiger partial charge in [-0.25, -0.2) is 4.98 Å². The Bertz CT molecular complexity index is 819. The van der Waals surface area contributed by atoms with E-state index in [2.05, 4.69) is 27.0 Å². The van der Waals surface area contributed by atoms with Crippen LogP contribution in [0.1, 0.15) is 12.0 Å². The van der Waals surface area contributed by atoms with Crippen molar-refractivity contribution in [1.29, 1.82) is 0 Å². The Labute approximate surface area is 116 Å². The minimum Gasteiger partial charge on any atom is -0.326 e. The Kier molecular flexibility index (Phi) is 2.36. The zero-order valence-corrected chi connectivity index (χ0v) is 10.8. The maximum atomic E-state index is 11.4. The Morgan fingerprint density at radius 2 is 2.00 bits per heavy atom. The summed E-state index contributed by atoms with van der Waals surface area (Å²) in [5.41, 5.74) is 5.26. The highest BCUT2D eigenvalue weighted by molar-refractivity contribution is 5.94. The highest BCUT2D eigenvalue weighted by atomic mass is 16.1. The summed E-state index contributed by atoms with van der Waals surface area (Å²) in [6.45, 7) is 0. The summed E-state index contributed by atoms with van der Waals surface area (Å²) in [5, 5.41) is 2.91. The molecule has 98 valence electrons. The number of nitrogens with one attached hydrogen (secondary N) is 1. The Hall–Kier alpha value is -2.62. The van der Waals surface area contributed by atoms with Gasteiger partial charge >= 0.3 is 0 Å². The van der Waals surface area contributed by atoms with Crippen molar-refractivity contribution in [1.82, 2.24) is 9.55 Å². The lowest BCUT2D eigenvalue weighted by Gasteiger charge is -2.17. The van der Waals surface area contributed by atoms with Gasteiger partial charge in [0.15, 0.2) is 0 Å². The zero-order chi connectivity index (χ0) is 13.5. The maximum Gasteiger partial charge on any atom is 0.224 e. The third-order valence-corrected chi connectivity index (χ3v) is 3.72. The second kappa shape index (κ2) is 4.20. The molecule has 1 N–H and O–H groups in total. The molecule has 0 unspecified atom stereocenters. The van der Waals surface area contributed by atoms with E-state index in [4.69, 9.17) is 0 Å². The fraction of sp³-hybridized carbons (Fsp3) is 0.125. The van der Waals surface area contributed by atoms with Crippen molar-refractivity contribution in [2.45, 2.75) is 12.8 Å². The first-order valence-corrected chi connectivity index (χ1v) is 6.66. The van der Waals surface area contributed by atoms with Gasteiger partial charge in [0.1, 0.15) is 6.33 Å². The van der Waals surface area contributed by atoms with Gasteiger partial charge in [-0.15, -0.1) is 0 Å². The molecular weight excluding hydrogens is 250 g/mol. The molecule has 4 nitrogen and oxygen atoms in total. The van der Waals surface area contributed by atoms with Crippen LogP contribution >= 0.6 is 0 Å².